The molecule has 1 fully saturated rings. The Labute approximate surface area is 94.5 Å². The second-order valence-corrected chi connectivity index (χ2v) is 5.35. The molecular formula is C13H27NO. The average molecular weight is 213 g/mol. The third kappa shape index (κ3) is 3.18. The van der Waals surface area contributed by atoms with Crippen molar-refractivity contribution in [1.29, 1.82) is 0 Å². The lowest BCUT2D eigenvalue weighted by Gasteiger charge is -2.31. The summed E-state index contributed by atoms with van der Waals surface area (Å²) in [5.41, 5.74) is 0.131. The number of hydrogen-bond acceptors (Lipinski definition) is 2. The first-order valence-corrected chi connectivity index (χ1v) is 6.50. The Hall–Kier alpha value is -0.0800. The first-order chi connectivity index (χ1) is 7.16. The quantitative estimate of drug-likeness (QED) is 0.711. The Bertz CT molecular complexity index is 179. The second-order valence-electron chi connectivity index (χ2n) is 5.35. The molecule has 2 N–H and O–H groups in total. The van der Waals surface area contributed by atoms with Crippen molar-refractivity contribution in [3.8, 4) is 0 Å². The monoisotopic (exact) mass is 213 g/mol. The zero-order valence-corrected chi connectivity index (χ0v) is 10.6. The van der Waals surface area contributed by atoms with E-state index < -0.39 is 0 Å². The Morgan fingerprint density at radius 3 is 2.60 bits per heavy atom. The molecule has 0 aromatic carbocycles. The molecule has 2 atom stereocenters. The van der Waals surface area contributed by atoms with Crippen LogP contribution in [0.2, 0.25) is 0 Å². The van der Waals surface area contributed by atoms with E-state index in [-0.39, 0.29) is 5.41 Å². The third-order valence-electron chi connectivity index (χ3n) is 4.25. The Balaban J connectivity index is 2.37. The molecule has 90 valence electrons. The summed E-state index contributed by atoms with van der Waals surface area (Å²) in [6.45, 7) is 8.18. The van der Waals surface area contributed by atoms with Crippen molar-refractivity contribution in [2.24, 2.45) is 11.3 Å². The van der Waals surface area contributed by atoms with Crippen LogP contribution in [0.15, 0.2) is 0 Å². The summed E-state index contributed by atoms with van der Waals surface area (Å²) >= 11 is 0. The fourth-order valence-corrected chi connectivity index (χ4v) is 2.66. The zero-order chi connectivity index (χ0) is 11.3. The van der Waals surface area contributed by atoms with E-state index in [2.05, 4.69) is 26.1 Å². The molecule has 0 spiro atoms. The van der Waals surface area contributed by atoms with E-state index in [1.54, 1.807) is 0 Å². The third-order valence-corrected chi connectivity index (χ3v) is 4.25. The van der Waals surface area contributed by atoms with Gasteiger partial charge in [-0.3, -0.25) is 0 Å². The molecule has 2 nitrogen and oxygen atoms in total. The summed E-state index contributed by atoms with van der Waals surface area (Å²) in [7, 11) is 0. The van der Waals surface area contributed by atoms with Crippen molar-refractivity contribution in [2.45, 2.75) is 58.9 Å². The van der Waals surface area contributed by atoms with Gasteiger partial charge < -0.3 is 10.4 Å². The van der Waals surface area contributed by atoms with Gasteiger partial charge in [0.15, 0.2) is 0 Å². The minimum atomic E-state index is 0.131. The molecule has 0 heterocycles. The maximum absolute atomic E-state index is 9.44. The van der Waals surface area contributed by atoms with Crippen molar-refractivity contribution in [1.82, 2.24) is 5.32 Å². The van der Waals surface area contributed by atoms with E-state index in [1.807, 2.05) is 0 Å². The van der Waals surface area contributed by atoms with E-state index in [0.717, 1.165) is 12.5 Å². The number of nitrogens with one attached hydrogen (secondary N) is 1. The van der Waals surface area contributed by atoms with Crippen LogP contribution in [0.3, 0.4) is 0 Å². The van der Waals surface area contributed by atoms with Crippen molar-refractivity contribution < 1.29 is 5.11 Å². The zero-order valence-electron chi connectivity index (χ0n) is 10.6. The van der Waals surface area contributed by atoms with Crippen LogP contribution in [-0.4, -0.2) is 24.3 Å². The lowest BCUT2D eigenvalue weighted by molar-refractivity contribution is 0.116. The molecule has 0 aromatic rings. The van der Waals surface area contributed by atoms with Crippen LogP contribution in [0.1, 0.15) is 52.9 Å². The lowest BCUT2D eigenvalue weighted by Crippen LogP contribution is -2.43. The van der Waals surface area contributed by atoms with Gasteiger partial charge in [-0.05, 0) is 25.3 Å². The molecule has 1 saturated carbocycles. The fourth-order valence-electron chi connectivity index (χ4n) is 2.66. The molecule has 0 saturated heterocycles. The molecule has 0 bridgehead atoms. The topological polar surface area (TPSA) is 32.3 Å². The lowest BCUT2D eigenvalue weighted by atomic mass is 9.85. The standard InChI is InChI=1S/C13H27NO/c1-4-11(5-2)9-14-12-7-6-8-13(12,3)10-15/h11-12,14-15H,4-10H2,1-3H3. The molecule has 15 heavy (non-hydrogen) atoms. The van der Waals surface area contributed by atoms with Gasteiger partial charge in [-0.1, -0.05) is 40.0 Å². The largest absolute Gasteiger partial charge is 0.396 e. The number of hydrogen-bond donors (Lipinski definition) is 2. The summed E-state index contributed by atoms with van der Waals surface area (Å²) in [5.74, 6) is 0.800. The Morgan fingerprint density at radius 2 is 2.07 bits per heavy atom. The van der Waals surface area contributed by atoms with Gasteiger partial charge in [0.25, 0.3) is 0 Å². The second kappa shape index (κ2) is 5.86. The number of aliphatic hydroxyl groups is 1. The summed E-state index contributed by atoms with van der Waals surface area (Å²) in [6, 6.07) is 0.531. The van der Waals surface area contributed by atoms with Crippen LogP contribution in [0.5, 0.6) is 0 Å². The number of aliphatic hydroxyl groups excluding tert-OH is 1. The van der Waals surface area contributed by atoms with Crippen LogP contribution in [-0.2, 0) is 0 Å². The molecule has 0 aromatic heterocycles. The van der Waals surface area contributed by atoms with Gasteiger partial charge in [0, 0.05) is 18.1 Å². The minimum absolute atomic E-state index is 0.131. The van der Waals surface area contributed by atoms with Crippen LogP contribution in [0.25, 0.3) is 0 Å². The molecule has 1 aliphatic rings. The minimum Gasteiger partial charge on any atom is -0.396 e. The van der Waals surface area contributed by atoms with Crippen molar-refractivity contribution in [3.63, 3.8) is 0 Å². The van der Waals surface area contributed by atoms with Gasteiger partial charge in [-0.25, -0.2) is 0 Å². The molecule has 0 amide bonds. The van der Waals surface area contributed by atoms with Crippen LogP contribution in [0.4, 0.5) is 0 Å². The fraction of sp³-hybridized carbons (Fsp3) is 1.00. The summed E-state index contributed by atoms with van der Waals surface area (Å²) < 4.78 is 0. The smallest absolute Gasteiger partial charge is 0.0499 e. The highest BCUT2D eigenvalue weighted by molar-refractivity contribution is 4.93. The summed E-state index contributed by atoms with van der Waals surface area (Å²) in [6.07, 6.45) is 6.18. The van der Waals surface area contributed by atoms with Crippen molar-refractivity contribution in [3.05, 3.63) is 0 Å². The van der Waals surface area contributed by atoms with Crippen LogP contribution >= 0.6 is 0 Å². The Kier molecular flexibility index (Phi) is 5.07. The highest BCUT2D eigenvalue weighted by Gasteiger charge is 2.37. The van der Waals surface area contributed by atoms with Crippen molar-refractivity contribution >= 4 is 0 Å². The SMILES string of the molecule is CCC(CC)CNC1CCCC1(C)CO. The molecule has 1 rings (SSSR count). The van der Waals surface area contributed by atoms with Crippen LogP contribution < -0.4 is 5.32 Å². The summed E-state index contributed by atoms with van der Waals surface area (Å²) in [4.78, 5) is 0. The van der Waals surface area contributed by atoms with Gasteiger partial charge in [0.05, 0.1) is 0 Å². The first kappa shape index (κ1) is 13.0. The Morgan fingerprint density at radius 1 is 1.40 bits per heavy atom. The normalized spacial score (nSPS) is 31.4. The maximum atomic E-state index is 9.44. The van der Waals surface area contributed by atoms with Crippen LogP contribution in [0, 0.1) is 11.3 Å². The van der Waals surface area contributed by atoms with E-state index >= 15 is 0 Å². The van der Waals surface area contributed by atoms with Gasteiger partial charge in [-0.15, -0.1) is 0 Å². The van der Waals surface area contributed by atoms with E-state index in [4.69, 9.17) is 0 Å². The maximum Gasteiger partial charge on any atom is 0.0499 e. The number of rotatable bonds is 6. The highest BCUT2D eigenvalue weighted by Crippen LogP contribution is 2.37. The van der Waals surface area contributed by atoms with E-state index in [1.165, 1.54) is 32.1 Å². The molecule has 0 aliphatic heterocycles. The van der Waals surface area contributed by atoms with Gasteiger partial charge in [-0.2, -0.15) is 0 Å². The predicted molar refractivity (Wildman–Crippen MR) is 64.9 cm³/mol. The van der Waals surface area contributed by atoms with E-state index in [0.29, 0.717) is 12.6 Å². The first-order valence-electron chi connectivity index (χ1n) is 6.50. The molecule has 0 radical (unpaired) electrons. The van der Waals surface area contributed by atoms with E-state index in [9.17, 15) is 5.11 Å². The molecule has 2 unspecified atom stereocenters. The molecular weight excluding hydrogens is 186 g/mol. The van der Waals surface area contributed by atoms with Gasteiger partial charge in [0.2, 0.25) is 0 Å². The summed E-state index contributed by atoms with van der Waals surface area (Å²) in [5, 5.41) is 13.1. The highest BCUT2D eigenvalue weighted by atomic mass is 16.3. The van der Waals surface area contributed by atoms with Gasteiger partial charge >= 0.3 is 0 Å². The van der Waals surface area contributed by atoms with Crippen molar-refractivity contribution in [2.75, 3.05) is 13.2 Å². The molecule has 1 aliphatic carbocycles. The predicted octanol–water partition coefficient (Wildman–Crippen LogP) is 2.56. The molecule has 2 heteroatoms. The average Bonchev–Trinajstić information content (AvgIpc) is 2.63. The van der Waals surface area contributed by atoms with Gasteiger partial charge in [0.1, 0.15) is 0 Å².